The van der Waals surface area contributed by atoms with Crippen LogP contribution in [0.15, 0.2) is 0 Å². The summed E-state index contributed by atoms with van der Waals surface area (Å²) in [6.07, 6.45) is 1.11. The average molecular weight is 307 g/mol. The molecule has 19 heavy (non-hydrogen) atoms. The zero-order valence-corrected chi connectivity index (χ0v) is 15.1. The van der Waals surface area contributed by atoms with E-state index in [9.17, 15) is 4.79 Å². The highest BCUT2D eigenvalue weighted by atomic mass is 28.4. The van der Waals surface area contributed by atoms with Crippen LogP contribution in [0.2, 0.25) is 44.4 Å². The molecule has 0 bridgehead atoms. The predicted octanol–water partition coefficient (Wildman–Crippen LogP) is 3.08. The van der Waals surface area contributed by atoms with Crippen molar-refractivity contribution in [3.8, 4) is 0 Å². The molecule has 0 aromatic carbocycles. The molecular formula is C13H30O4Si2. The first kappa shape index (κ1) is 18.8. The van der Waals surface area contributed by atoms with Crippen LogP contribution in [0.1, 0.15) is 6.42 Å². The van der Waals surface area contributed by atoms with Gasteiger partial charge >= 0.3 is 5.97 Å². The molecule has 0 aromatic rings. The van der Waals surface area contributed by atoms with Crippen molar-refractivity contribution in [2.45, 2.75) is 50.9 Å². The van der Waals surface area contributed by atoms with Crippen molar-refractivity contribution in [2.24, 2.45) is 0 Å². The van der Waals surface area contributed by atoms with Crippen molar-refractivity contribution in [1.82, 2.24) is 0 Å². The standard InChI is InChI=1S/C13H30O4Si2/c1-18(2,3)12-19(4,5)10-6-7-16-8-9-17-11-13(14)15/h6-12H2,1-5H3,(H,14,15). The maximum absolute atomic E-state index is 10.2. The van der Waals surface area contributed by atoms with Gasteiger partial charge in [-0.3, -0.25) is 0 Å². The fraction of sp³-hybridized carbons (Fsp3) is 0.923. The van der Waals surface area contributed by atoms with Crippen molar-refractivity contribution >= 4 is 22.1 Å². The molecule has 0 aliphatic heterocycles. The van der Waals surface area contributed by atoms with Gasteiger partial charge in [-0.1, -0.05) is 44.4 Å². The molecule has 0 aliphatic rings. The largest absolute Gasteiger partial charge is 0.480 e. The minimum atomic E-state index is -1.06. The highest BCUT2D eigenvalue weighted by Crippen LogP contribution is 2.24. The topological polar surface area (TPSA) is 55.8 Å². The SMILES string of the molecule is C[Si](C)(C)C[Si](C)(C)CCCOCCOCC(=O)O. The molecule has 6 heteroatoms. The lowest BCUT2D eigenvalue weighted by atomic mass is 10.5. The Morgan fingerprint density at radius 3 is 2.11 bits per heavy atom. The van der Waals surface area contributed by atoms with Crippen LogP contribution in [0.5, 0.6) is 0 Å². The minimum absolute atomic E-state index is 0.237. The molecule has 0 saturated carbocycles. The van der Waals surface area contributed by atoms with Gasteiger partial charge in [0.05, 0.1) is 13.2 Å². The molecular weight excluding hydrogens is 276 g/mol. The minimum Gasteiger partial charge on any atom is -0.480 e. The van der Waals surface area contributed by atoms with Gasteiger partial charge < -0.3 is 14.6 Å². The molecule has 0 radical (unpaired) electrons. The summed E-state index contributed by atoms with van der Waals surface area (Å²) in [7, 11) is -2.00. The maximum Gasteiger partial charge on any atom is 0.329 e. The number of ether oxygens (including phenoxy) is 2. The molecule has 1 N–H and O–H groups in total. The van der Waals surface area contributed by atoms with E-state index in [4.69, 9.17) is 14.6 Å². The number of carboxylic acid groups (broad SMARTS) is 1. The summed E-state index contributed by atoms with van der Waals surface area (Å²) >= 11 is 0. The molecule has 0 saturated heterocycles. The van der Waals surface area contributed by atoms with E-state index in [2.05, 4.69) is 32.7 Å². The highest BCUT2D eigenvalue weighted by Gasteiger charge is 2.27. The Hall–Kier alpha value is -0.176. The van der Waals surface area contributed by atoms with Crippen molar-refractivity contribution in [1.29, 1.82) is 0 Å². The second kappa shape index (κ2) is 8.89. The van der Waals surface area contributed by atoms with Gasteiger partial charge in [-0.2, -0.15) is 0 Å². The Labute approximate surface area is 119 Å². The molecule has 0 spiro atoms. The Morgan fingerprint density at radius 1 is 1.00 bits per heavy atom. The number of hydrogen-bond acceptors (Lipinski definition) is 3. The van der Waals surface area contributed by atoms with E-state index in [0.717, 1.165) is 13.0 Å². The van der Waals surface area contributed by atoms with Crippen LogP contribution in [0.25, 0.3) is 0 Å². The molecule has 0 rings (SSSR count). The van der Waals surface area contributed by atoms with Gasteiger partial charge in [0.2, 0.25) is 0 Å². The first-order valence-electron chi connectivity index (χ1n) is 7.00. The van der Waals surface area contributed by atoms with Gasteiger partial charge in [0.1, 0.15) is 6.61 Å². The summed E-state index contributed by atoms with van der Waals surface area (Å²) < 4.78 is 10.4. The maximum atomic E-state index is 10.2. The van der Waals surface area contributed by atoms with Gasteiger partial charge in [-0.15, -0.1) is 0 Å². The lowest BCUT2D eigenvalue weighted by Crippen LogP contribution is -2.37. The molecule has 114 valence electrons. The number of hydrogen-bond donors (Lipinski definition) is 1. The fourth-order valence-corrected chi connectivity index (χ4v) is 15.9. The average Bonchev–Trinajstić information content (AvgIpc) is 2.17. The van der Waals surface area contributed by atoms with E-state index in [1.807, 2.05) is 0 Å². The predicted molar refractivity (Wildman–Crippen MR) is 84.3 cm³/mol. The zero-order valence-electron chi connectivity index (χ0n) is 13.1. The summed E-state index contributed by atoms with van der Waals surface area (Å²) in [6, 6.07) is 1.31. The molecule has 0 unspecified atom stereocenters. The monoisotopic (exact) mass is 306 g/mol. The number of carboxylic acids is 1. The van der Waals surface area contributed by atoms with E-state index in [-0.39, 0.29) is 6.61 Å². The number of aliphatic carboxylic acids is 1. The normalized spacial score (nSPS) is 12.7. The first-order valence-corrected chi connectivity index (χ1v) is 14.1. The molecule has 0 fully saturated rings. The van der Waals surface area contributed by atoms with Crippen LogP contribution in [-0.2, 0) is 14.3 Å². The Balaban J connectivity index is 3.50. The smallest absolute Gasteiger partial charge is 0.329 e. The van der Waals surface area contributed by atoms with E-state index >= 15 is 0 Å². The van der Waals surface area contributed by atoms with E-state index in [0.29, 0.717) is 13.2 Å². The van der Waals surface area contributed by atoms with Crippen LogP contribution >= 0.6 is 0 Å². The van der Waals surface area contributed by atoms with Gasteiger partial charge in [0.15, 0.2) is 0 Å². The van der Waals surface area contributed by atoms with Crippen LogP contribution in [0.4, 0.5) is 0 Å². The quantitative estimate of drug-likeness (QED) is 0.471. The highest BCUT2D eigenvalue weighted by molar-refractivity contribution is 6.94. The third kappa shape index (κ3) is 14.0. The van der Waals surface area contributed by atoms with Gasteiger partial charge in [0, 0.05) is 22.8 Å². The molecule has 0 heterocycles. The van der Waals surface area contributed by atoms with E-state index < -0.39 is 22.1 Å². The van der Waals surface area contributed by atoms with E-state index in [1.54, 1.807) is 0 Å². The molecule has 0 aromatic heterocycles. The Bertz CT molecular complexity index is 262. The van der Waals surface area contributed by atoms with Crippen LogP contribution in [-0.4, -0.2) is 53.7 Å². The number of carbonyl (C=O) groups is 1. The van der Waals surface area contributed by atoms with E-state index in [1.165, 1.54) is 11.7 Å². The van der Waals surface area contributed by atoms with Crippen molar-refractivity contribution in [2.75, 3.05) is 26.4 Å². The van der Waals surface area contributed by atoms with Crippen LogP contribution < -0.4 is 0 Å². The summed E-state index contributed by atoms with van der Waals surface area (Å²) in [5.41, 5.74) is 1.47. The summed E-state index contributed by atoms with van der Waals surface area (Å²) in [4.78, 5) is 10.2. The van der Waals surface area contributed by atoms with Crippen LogP contribution in [0.3, 0.4) is 0 Å². The summed E-state index contributed by atoms with van der Waals surface area (Å²) in [5, 5.41) is 8.38. The van der Waals surface area contributed by atoms with Crippen molar-refractivity contribution < 1.29 is 19.4 Å². The Morgan fingerprint density at radius 2 is 1.58 bits per heavy atom. The number of rotatable bonds is 11. The first-order chi connectivity index (χ1) is 8.62. The summed E-state index contributed by atoms with van der Waals surface area (Å²) in [6.45, 7) is 13.7. The fourth-order valence-electron chi connectivity index (χ4n) is 2.56. The van der Waals surface area contributed by atoms with Crippen molar-refractivity contribution in [3.05, 3.63) is 0 Å². The molecule has 0 amide bonds. The third-order valence-electron chi connectivity index (χ3n) is 2.75. The van der Waals surface area contributed by atoms with Crippen LogP contribution in [0, 0.1) is 0 Å². The third-order valence-corrected chi connectivity index (χ3v) is 12.5. The second-order valence-electron chi connectivity index (χ2n) is 7.06. The summed E-state index contributed by atoms with van der Waals surface area (Å²) in [5.74, 6) is -0.931. The van der Waals surface area contributed by atoms with Crippen molar-refractivity contribution in [3.63, 3.8) is 0 Å². The zero-order chi connectivity index (χ0) is 14.9. The lowest BCUT2D eigenvalue weighted by Gasteiger charge is -2.29. The second-order valence-corrected chi connectivity index (χ2v) is 18.4. The van der Waals surface area contributed by atoms with Gasteiger partial charge in [-0.05, 0) is 6.42 Å². The molecule has 4 nitrogen and oxygen atoms in total. The Kier molecular flexibility index (Phi) is 8.81. The van der Waals surface area contributed by atoms with Gasteiger partial charge in [-0.25, -0.2) is 4.79 Å². The lowest BCUT2D eigenvalue weighted by molar-refractivity contribution is -0.142. The molecule has 0 atom stereocenters. The molecule has 0 aliphatic carbocycles. The van der Waals surface area contributed by atoms with Gasteiger partial charge in [0.25, 0.3) is 0 Å².